The second kappa shape index (κ2) is 14.8. The van der Waals surface area contributed by atoms with Crippen molar-refractivity contribution in [1.29, 1.82) is 0 Å². The molecule has 3 rings (SSSR count). The van der Waals surface area contributed by atoms with Crippen LogP contribution in [0.15, 0.2) is 91.0 Å². The standard InChI is InChI=1S/C32H38O3/c1-26(2)32(33)35-25-13-8-6-4-3-5-7-12-24-34-31-22-20-30(21-23-31)29-18-16-28(17-19-29)27-14-10-9-11-15-27/h9-11,14-23H,1,3-8,12-13,24-25H2,2H3. The summed E-state index contributed by atoms with van der Waals surface area (Å²) in [6, 6.07) is 27.5. The second-order valence-corrected chi connectivity index (χ2v) is 9.06. The van der Waals surface area contributed by atoms with Crippen molar-refractivity contribution in [2.75, 3.05) is 13.2 Å². The van der Waals surface area contributed by atoms with Crippen LogP contribution in [0.5, 0.6) is 5.75 Å². The van der Waals surface area contributed by atoms with Gasteiger partial charge in [0.25, 0.3) is 0 Å². The van der Waals surface area contributed by atoms with Gasteiger partial charge in [-0.1, -0.05) is 112 Å². The Labute approximate surface area is 210 Å². The van der Waals surface area contributed by atoms with Crippen molar-refractivity contribution in [3.63, 3.8) is 0 Å². The Morgan fingerprint density at radius 1 is 0.600 bits per heavy atom. The quantitative estimate of drug-likeness (QED) is 0.127. The van der Waals surface area contributed by atoms with Crippen molar-refractivity contribution in [2.45, 2.75) is 58.3 Å². The van der Waals surface area contributed by atoms with Crippen LogP contribution in [0.2, 0.25) is 0 Å². The Balaban J connectivity index is 1.24. The molecule has 0 saturated carbocycles. The zero-order valence-electron chi connectivity index (χ0n) is 21.0. The maximum atomic E-state index is 11.3. The Morgan fingerprint density at radius 3 is 1.54 bits per heavy atom. The third kappa shape index (κ3) is 9.44. The smallest absolute Gasteiger partial charge is 0.333 e. The zero-order chi connectivity index (χ0) is 24.7. The number of carbonyl (C=O) groups is 1. The molecule has 35 heavy (non-hydrogen) atoms. The van der Waals surface area contributed by atoms with Gasteiger partial charge < -0.3 is 9.47 Å². The molecule has 3 nitrogen and oxygen atoms in total. The predicted molar refractivity (Wildman–Crippen MR) is 146 cm³/mol. The van der Waals surface area contributed by atoms with Gasteiger partial charge in [0.15, 0.2) is 0 Å². The van der Waals surface area contributed by atoms with Crippen molar-refractivity contribution in [2.24, 2.45) is 0 Å². The SMILES string of the molecule is C=C(C)C(=O)OCCCCCCCCCCOc1ccc(-c2ccc(-c3ccccc3)cc2)cc1. The van der Waals surface area contributed by atoms with E-state index in [9.17, 15) is 4.79 Å². The molecule has 0 saturated heterocycles. The lowest BCUT2D eigenvalue weighted by molar-refractivity contribution is -0.139. The van der Waals surface area contributed by atoms with E-state index < -0.39 is 0 Å². The second-order valence-electron chi connectivity index (χ2n) is 9.06. The molecule has 0 unspecified atom stereocenters. The number of ether oxygens (including phenoxy) is 2. The number of hydrogen-bond donors (Lipinski definition) is 0. The summed E-state index contributed by atoms with van der Waals surface area (Å²) in [5.41, 5.74) is 5.35. The van der Waals surface area contributed by atoms with E-state index in [-0.39, 0.29) is 5.97 Å². The molecule has 0 bridgehead atoms. The van der Waals surface area contributed by atoms with Gasteiger partial charge in [-0.25, -0.2) is 4.79 Å². The highest BCUT2D eigenvalue weighted by molar-refractivity contribution is 5.86. The minimum absolute atomic E-state index is 0.281. The maximum absolute atomic E-state index is 11.3. The summed E-state index contributed by atoms with van der Waals surface area (Å²) in [7, 11) is 0. The molecule has 0 amide bonds. The van der Waals surface area contributed by atoms with Crippen molar-refractivity contribution in [1.82, 2.24) is 0 Å². The van der Waals surface area contributed by atoms with E-state index in [1.807, 2.05) is 6.07 Å². The van der Waals surface area contributed by atoms with Crippen LogP contribution in [0.25, 0.3) is 22.3 Å². The fourth-order valence-corrected chi connectivity index (χ4v) is 3.97. The first-order valence-electron chi connectivity index (χ1n) is 12.8. The van der Waals surface area contributed by atoms with E-state index in [1.165, 1.54) is 54.4 Å². The minimum Gasteiger partial charge on any atom is -0.494 e. The van der Waals surface area contributed by atoms with Gasteiger partial charge in [0, 0.05) is 5.57 Å². The molecular weight excluding hydrogens is 432 g/mol. The summed E-state index contributed by atoms with van der Waals surface area (Å²) in [4.78, 5) is 11.3. The fraction of sp³-hybridized carbons (Fsp3) is 0.344. The highest BCUT2D eigenvalue weighted by Gasteiger charge is 2.03. The van der Waals surface area contributed by atoms with Crippen LogP contribution < -0.4 is 4.74 Å². The van der Waals surface area contributed by atoms with Crippen LogP contribution in [0.4, 0.5) is 0 Å². The van der Waals surface area contributed by atoms with E-state index in [0.29, 0.717) is 12.2 Å². The highest BCUT2D eigenvalue weighted by atomic mass is 16.5. The van der Waals surface area contributed by atoms with Gasteiger partial charge in [-0.15, -0.1) is 0 Å². The lowest BCUT2D eigenvalue weighted by Gasteiger charge is -2.08. The Hall–Kier alpha value is -3.33. The average Bonchev–Trinajstić information content (AvgIpc) is 2.90. The molecule has 0 aromatic heterocycles. The minimum atomic E-state index is -0.281. The first-order chi connectivity index (χ1) is 17.1. The molecule has 0 radical (unpaired) electrons. The largest absolute Gasteiger partial charge is 0.494 e. The molecule has 184 valence electrons. The summed E-state index contributed by atoms with van der Waals surface area (Å²) in [6.45, 7) is 6.53. The van der Waals surface area contributed by atoms with Gasteiger partial charge in [0.2, 0.25) is 0 Å². The average molecular weight is 471 g/mol. The number of benzene rings is 3. The molecule has 0 heterocycles. The summed E-state index contributed by atoms with van der Waals surface area (Å²) in [6.07, 6.45) is 9.26. The molecule has 0 aliphatic rings. The van der Waals surface area contributed by atoms with Crippen LogP contribution in [0.3, 0.4) is 0 Å². The lowest BCUT2D eigenvalue weighted by Crippen LogP contribution is -2.05. The molecular formula is C32H38O3. The maximum Gasteiger partial charge on any atom is 0.333 e. The van der Waals surface area contributed by atoms with Crippen molar-refractivity contribution < 1.29 is 14.3 Å². The van der Waals surface area contributed by atoms with E-state index in [4.69, 9.17) is 9.47 Å². The fourth-order valence-electron chi connectivity index (χ4n) is 3.97. The molecule has 3 heteroatoms. The molecule has 0 aliphatic heterocycles. The van der Waals surface area contributed by atoms with Crippen LogP contribution >= 0.6 is 0 Å². The molecule has 3 aromatic carbocycles. The third-order valence-corrected chi connectivity index (χ3v) is 6.07. The lowest BCUT2D eigenvalue weighted by atomic mass is 10.0. The van der Waals surface area contributed by atoms with Gasteiger partial charge in [0.1, 0.15) is 5.75 Å². The summed E-state index contributed by atoms with van der Waals surface area (Å²) in [5.74, 6) is 0.652. The Morgan fingerprint density at radius 2 is 1.03 bits per heavy atom. The topological polar surface area (TPSA) is 35.5 Å². The van der Waals surface area contributed by atoms with Crippen molar-refractivity contribution in [3.05, 3.63) is 91.0 Å². The Bertz CT molecular complexity index is 1020. The molecule has 0 aliphatic carbocycles. The number of esters is 1. The molecule has 3 aromatic rings. The predicted octanol–water partition coefficient (Wildman–Crippen LogP) is 8.64. The van der Waals surface area contributed by atoms with E-state index in [1.54, 1.807) is 6.92 Å². The first kappa shape index (κ1) is 26.3. The van der Waals surface area contributed by atoms with Gasteiger partial charge in [0.05, 0.1) is 13.2 Å². The first-order valence-corrected chi connectivity index (χ1v) is 12.8. The molecule has 0 N–H and O–H groups in total. The van der Waals surface area contributed by atoms with Crippen LogP contribution in [-0.4, -0.2) is 19.2 Å². The number of rotatable bonds is 15. The monoisotopic (exact) mass is 470 g/mol. The van der Waals surface area contributed by atoms with Gasteiger partial charge in [-0.2, -0.15) is 0 Å². The molecule has 0 spiro atoms. The summed E-state index contributed by atoms with van der Waals surface area (Å²) < 4.78 is 11.0. The van der Waals surface area contributed by atoms with Gasteiger partial charge in [-0.3, -0.25) is 0 Å². The highest BCUT2D eigenvalue weighted by Crippen LogP contribution is 2.26. The van der Waals surface area contributed by atoms with Crippen LogP contribution in [0.1, 0.15) is 58.3 Å². The molecule has 0 atom stereocenters. The summed E-state index contributed by atoms with van der Waals surface area (Å²) >= 11 is 0. The third-order valence-electron chi connectivity index (χ3n) is 6.07. The van der Waals surface area contributed by atoms with Gasteiger partial charge in [-0.05, 0) is 54.2 Å². The summed E-state index contributed by atoms with van der Waals surface area (Å²) in [5, 5.41) is 0. The number of carbonyl (C=O) groups excluding carboxylic acids is 1. The molecule has 0 fully saturated rings. The van der Waals surface area contributed by atoms with E-state index in [0.717, 1.165) is 31.6 Å². The van der Waals surface area contributed by atoms with Gasteiger partial charge >= 0.3 is 5.97 Å². The zero-order valence-corrected chi connectivity index (χ0v) is 21.0. The van der Waals surface area contributed by atoms with Crippen LogP contribution in [0, 0.1) is 0 Å². The normalized spacial score (nSPS) is 10.7. The van der Waals surface area contributed by atoms with E-state index in [2.05, 4.69) is 79.4 Å². The Kier molecular flexibility index (Phi) is 11.1. The van der Waals surface area contributed by atoms with E-state index >= 15 is 0 Å². The number of unbranched alkanes of at least 4 members (excludes halogenated alkanes) is 7. The van der Waals surface area contributed by atoms with Crippen molar-refractivity contribution >= 4 is 5.97 Å². The number of hydrogen-bond acceptors (Lipinski definition) is 3. The van der Waals surface area contributed by atoms with Crippen molar-refractivity contribution in [3.8, 4) is 28.0 Å². The van der Waals surface area contributed by atoms with Crippen LogP contribution in [-0.2, 0) is 9.53 Å².